The van der Waals surface area contributed by atoms with E-state index in [0.717, 1.165) is 0 Å². The summed E-state index contributed by atoms with van der Waals surface area (Å²) in [7, 11) is 1.28. The van der Waals surface area contributed by atoms with Gasteiger partial charge in [0.15, 0.2) is 5.78 Å². The predicted molar refractivity (Wildman–Crippen MR) is 67.2 cm³/mol. The molecule has 1 unspecified atom stereocenters. The molecule has 0 aromatic rings. The molecule has 0 bridgehead atoms. The van der Waals surface area contributed by atoms with Gasteiger partial charge in [0.2, 0.25) is 0 Å². The van der Waals surface area contributed by atoms with Gasteiger partial charge in [0.05, 0.1) is 13.7 Å². The summed E-state index contributed by atoms with van der Waals surface area (Å²) in [6.07, 6.45) is 1.45. The third-order valence-corrected chi connectivity index (χ3v) is 3.03. The van der Waals surface area contributed by atoms with Crippen LogP contribution in [0.25, 0.3) is 0 Å². The predicted octanol–water partition coefficient (Wildman–Crippen LogP) is 1.50. The fourth-order valence-electron chi connectivity index (χ4n) is 2.03. The topological polar surface area (TPSA) is 72.9 Å². The molecule has 1 amide bonds. The SMILES string of the molecule is CC=C1CC(=O)C(C(=O)OCC)CCN1C(=O)OC. The zero-order chi connectivity index (χ0) is 14.4. The lowest BCUT2D eigenvalue weighted by atomic mass is 9.99. The minimum Gasteiger partial charge on any atom is -0.465 e. The third-order valence-electron chi connectivity index (χ3n) is 3.03. The highest BCUT2D eigenvalue weighted by Gasteiger charge is 2.34. The van der Waals surface area contributed by atoms with Gasteiger partial charge in [0.1, 0.15) is 5.92 Å². The average molecular weight is 269 g/mol. The lowest BCUT2D eigenvalue weighted by Crippen LogP contribution is -2.30. The molecule has 1 aliphatic rings. The van der Waals surface area contributed by atoms with E-state index in [1.54, 1.807) is 19.9 Å². The number of hydrogen-bond donors (Lipinski definition) is 0. The van der Waals surface area contributed by atoms with Gasteiger partial charge >= 0.3 is 12.1 Å². The number of methoxy groups -OCH3 is 1. The number of ketones is 1. The summed E-state index contributed by atoms with van der Waals surface area (Å²) in [5, 5.41) is 0. The number of esters is 1. The molecule has 1 atom stereocenters. The number of ether oxygens (including phenoxy) is 2. The molecule has 0 aromatic carbocycles. The summed E-state index contributed by atoms with van der Waals surface area (Å²) in [5.74, 6) is -1.54. The van der Waals surface area contributed by atoms with Crippen LogP contribution in [0.2, 0.25) is 0 Å². The van der Waals surface area contributed by atoms with Gasteiger partial charge in [-0.3, -0.25) is 14.5 Å². The van der Waals surface area contributed by atoms with Crippen molar-refractivity contribution < 1.29 is 23.9 Å². The molecule has 6 heteroatoms. The van der Waals surface area contributed by atoms with Gasteiger partial charge in [-0.2, -0.15) is 0 Å². The quantitative estimate of drug-likeness (QED) is 0.561. The average Bonchev–Trinajstić information content (AvgIpc) is 2.56. The van der Waals surface area contributed by atoms with Crippen molar-refractivity contribution in [2.75, 3.05) is 20.3 Å². The molecule has 0 aromatic heterocycles. The first-order chi connectivity index (χ1) is 9.04. The van der Waals surface area contributed by atoms with Gasteiger partial charge in [-0.05, 0) is 20.3 Å². The zero-order valence-corrected chi connectivity index (χ0v) is 11.5. The van der Waals surface area contributed by atoms with E-state index in [1.165, 1.54) is 12.0 Å². The minimum atomic E-state index is -0.801. The summed E-state index contributed by atoms with van der Waals surface area (Å²) >= 11 is 0. The van der Waals surface area contributed by atoms with Crippen molar-refractivity contribution in [1.82, 2.24) is 4.90 Å². The van der Waals surface area contributed by atoms with Crippen molar-refractivity contribution in [3.8, 4) is 0 Å². The lowest BCUT2D eigenvalue weighted by Gasteiger charge is -2.20. The molecule has 19 heavy (non-hydrogen) atoms. The van der Waals surface area contributed by atoms with Crippen molar-refractivity contribution in [2.24, 2.45) is 5.92 Å². The Hall–Kier alpha value is -1.85. The molecular formula is C13H19NO5. The van der Waals surface area contributed by atoms with Crippen LogP contribution < -0.4 is 0 Å². The molecule has 0 saturated carbocycles. The number of carbonyl (C=O) groups excluding carboxylic acids is 3. The Kier molecular flexibility index (Phi) is 5.54. The standard InChI is InChI=1S/C13H19NO5/c1-4-9-8-11(15)10(12(16)19-5-2)6-7-14(9)13(17)18-3/h4,10H,5-8H2,1-3H3. The highest BCUT2D eigenvalue weighted by molar-refractivity contribution is 6.00. The van der Waals surface area contributed by atoms with Crippen molar-refractivity contribution in [1.29, 1.82) is 0 Å². The van der Waals surface area contributed by atoms with Crippen LogP contribution in [0.4, 0.5) is 4.79 Å². The van der Waals surface area contributed by atoms with Crippen molar-refractivity contribution >= 4 is 17.8 Å². The number of hydrogen-bond acceptors (Lipinski definition) is 5. The van der Waals surface area contributed by atoms with Crippen LogP contribution in [0.5, 0.6) is 0 Å². The van der Waals surface area contributed by atoms with Gasteiger partial charge in [-0.25, -0.2) is 4.79 Å². The van der Waals surface area contributed by atoms with Crippen molar-refractivity contribution in [3.63, 3.8) is 0 Å². The van der Waals surface area contributed by atoms with E-state index in [4.69, 9.17) is 4.74 Å². The molecule has 1 fully saturated rings. The van der Waals surface area contributed by atoms with Gasteiger partial charge in [0, 0.05) is 18.7 Å². The van der Waals surface area contributed by atoms with Crippen molar-refractivity contribution in [3.05, 3.63) is 11.8 Å². The number of carbonyl (C=O) groups is 3. The van der Waals surface area contributed by atoms with Crippen LogP contribution in [0, 0.1) is 5.92 Å². The first-order valence-electron chi connectivity index (χ1n) is 6.25. The Morgan fingerprint density at radius 1 is 1.47 bits per heavy atom. The van der Waals surface area contributed by atoms with E-state index >= 15 is 0 Å². The molecule has 1 saturated heterocycles. The molecular weight excluding hydrogens is 250 g/mol. The molecule has 1 aliphatic heterocycles. The smallest absolute Gasteiger partial charge is 0.413 e. The summed E-state index contributed by atoms with van der Waals surface area (Å²) in [4.78, 5) is 36.8. The van der Waals surface area contributed by atoms with E-state index in [0.29, 0.717) is 5.70 Å². The fourth-order valence-corrected chi connectivity index (χ4v) is 2.03. The molecule has 6 nitrogen and oxygen atoms in total. The van der Waals surface area contributed by atoms with Crippen LogP contribution in [0.15, 0.2) is 11.8 Å². The zero-order valence-electron chi connectivity index (χ0n) is 11.5. The molecule has 0 radical (unpaired) electrons. The number of allylic oxidation sites excluding steroid dienone is 2. The number of Topliss-reactive ketones (excluding diaryl/α,β-unsaturated/α-hetero) is 1. The molecule has 1 rings (SSSR count). The first kappa shape index (κ1) is 15.2. The number of likely N-dealkylation sites (tertiary alicyclic amines) is 1. The summed E-state index contributed by atoms with van der Waals surface area (Å²) in [6.45, 7) is 3.93. The largest absolute Gasteiger partial charge is 0.465 e. The molecule has 1 heterocycles. The monoisotopic (exact) mass is 269 g/mol. The second kappa shape index (κ2) is 6.92. The van der Waals surface area contributed by atoms with Crippen molar-refractivity contribution in [2.45, 2.75) is 26.7 Å². The van der Waals surface area contributed by atoms with Gasteiger partial charge in [-0.1, -0.05) is 6.08 Å². The maximum absolute atomic E-state index is 12.0. The highest BCUT2D eigenvalue weighted by Crippen LogP contribution is 2.23. The molecule has 0 aliphatic carbocycles. The van der Waals surface area contributed by atoms with Crippen LogP contribution in [0.1, 0.15) is 26.7 Å². The van der Waals surface area contributed by atoms with E-state index in [-0.39, 0.29) is 31.8 Å². The number of rotatable bonds is 2. The van der Waals surface area contributed by atoms with E-state index in [1.807, 2.05) is 0 Å². The maximum atomic E-state index is 12.0. The molecule has 0 spiro atoms. The number of amides is 1. The van der Waals surface area contributed by atoms with E-state index in [9.17, 15) is 14.4 Å². The summed E-state index contributed by atoms with van der Waals surface area (Å²) < 4.78 is 9.56. The van der Waals surface area contributed by atoms with Gasteiger partial charge in [0.25, 0.3) is 0 Å². The van der Waals surface area contributed by atoms with E-state index < -0.39 is 18.0 Å². The Balaban J connectivity index is 2.90. The lowest BCUT2D eigenvalue weighted by molar-refractivity contribution is -0.151. The molecule has 106 valence electrons. The summed E-state index contributed by atoms with van der Waals surface area (Å²) in [6, 6.07) is 0. The second-order valence-electron chi connectivity index (χ2n) is 4.14. The van der Waals surface area contributed by atoms with Crippen LogP contribution in [-0.4, -0.2) is 43.0 Å². The van der Waals surface area contributed by atoms with Gasteiger partial charge < -0.3 is 9.47 Å². The fraction of sp³-hybridized carbons (Fsp3) is 0.615. The Morgan fingerprint density at radius 2 is 2.16 bits per heavy atom. The summed E-state index contributed by atoms with van der Waals surface area (Å²) in [5.41, 5.74) is 0.559. The minimum absolute atomic E-state index is 0.0368. The third kappa shape index (κ3) is 3.56. The van der Waals surface area contributed by atoms with Crippen LogP contribution in [-0.2, 0) is 19.1 Å². The normalized spacial score (nSPS) is 22.1. The van der Waals surface area contributed by atoms with Crippen LogP contribution >= 0.6 is 0 Å². The second-order valence-corrected chi connectivity index (χ2v) is 4.14. The van der Waals surface area contributed by atoms with E-state index in [2.05, 4.69) is 4.74 Å². The Labute approximate surface area is 112 Å². The Bertz CT molecular complexity index is 402. The Morgan fingerprint density at radius 3 is 2.68 bits per heavy atom. The number of nitrogens with zero attached hydrogens (tertiary/aromatic N) is 1. The first-order valence-corrected chi connectivity index (χ1v) is 6.25. The van der Waals surface area contributed by atoms with Gasteiger partial charge in [-0.15, -0.1) is 0 Å². The maximum Gasteiger partial charge on any atom is 0.413 e. The molecule has 0 N–H and O–H groups in total. The highest BCUT2D eigenvalue weighted by atomic mass is 16.5. The van der Waals surface area contributed by atoms with Crippen LogP contribution in [0.3, 0.4) is 0 Å².